The number of benzene rings is 2. The van der Waals surface area contributed by atoms with E-state index in [4.69, 9.17) is 4.74 Å². The normalized spacial score (nSPS) is 18.5. The predicted molar refractivity (Wildman–Crippen MR) is 117 cm³/mol. The monoisotopic (exact) mass is 497 g/mol. The third-order valence-electron chi connectivity index (χ3n) is 4.64. The van der Waals surface area contributed by atoms with Gasteiger partial charge in [0, 0.05) is 28.4 Å². The molecule has 1 unspecified atom stereocenters. The standard InChI is InChI=1S/C22H13BrFN3O5/c23-14-5-10-17(25-11-14)26-22-20(29)18(21(32-22)13-1-6-15(24)7-2-13)19(28)12-3-8-16(9-4-12)27(30)31/h1-11,21,28H. The number of ether oxygens (including phenoxy) is 1. The molecule has 1 aliphatic rings. The van der Waals surface area contributed by atoms with Crippen LogP contribution in [-0.2, 0) is 9.53 Å². The van der Waals surface area contributed by atoms with Gasteiger partial charge in [0.1, 0.15) is 11.6 Å². The Bertz CT molecular complexity index is 1260. The highest BCUT2D eigenvalue weighted by molar-refractivity contribution is 9.10. The highest BCUT2D eigenvalue weighted by Gasteiger charge is 2.41. The van der Waals surface area contributed by atoms with Gasteiger partial charge in [-0.3, -0.25) is 14.9 Å². The average Bonchev–Trinajstić information content (AvgIpc) is 3.11. The molecule has 1 saturated heterocycles. The number of ketones is 1. The lowest BCUT2D eigenvalue weighted by atomic mass is 9.96. The van der Waals surface area contributed by atoms with E-state index in [0.717, 1.165) is 4.47 Å². The fraction of sp³-hybridized carbons (Fsp3) is 0.0455. The van der Waals surface area contributed by atoms with Gasteiger partial charge in [0.25, 0.3) is 17.4 Å². The molecule has 4 rings (SSSR count). The molecule has 1 atom stereocenters. The molecular weight excluding hydrogens is 485 g/mol. The third kappa shape index (κ3) is 4.26. The molecule has 160 valence electrons. The number of carbonyl (C=O) groups excluding carboxylic acids is 1. The summed E-state index contributed by atoms with van der Waals surface area (Å²) in [6.07, 6.45) is 0.439. The summed E-state index contributed by atoms with van der Waals surface area (Å²) in [6.45, 7) is 0. The Kier molecular flexibility index (Phi) is 5.78. The third-order valence-corrected chi connectivity index (χ3v) is 5.11. The summed E-state index contributed by atoms with van der Waals surface area (Å²) >= 11 is 3.26. The zero-order valence-corrected chi connectivity index (χ0v) is 17.7. The van der Waals surface area contributed by atoms with Crippen LogP contribution in [-0.4, -0.2) is 26.7 Å². The number of carbonyl (C=O) groups is 1. The number of nitro benzene ring substituents is 1. The fourth-order valence-corrected chi connectivity index (χ4v) is 3.31. The average molecular weight is 498 g/mol. The van der Waals surface area contributed by atoms with E-state index >= 15 is 0 Å². The first-order valence-electron chi connectivity index (χ1n) is 9.18. The fourth-order valence-electron chi connectivity index (χ4n) is 3.07. The van der Waals surface area contributed by atoms with E-state index in [2.05, 4.69) is 25.9 Å². The number of rotatable bonds is 4. The number of non-ortho nitro benzene ring substituents is 1. The summed E-state index contributed by atoms with van der Waals surface area (Å²) < 4.78 is 19.9. The molecule has 3 aromatic rings. The Morgan fingerprint density at radius 3 is 2.41 bits per heavy atom. The topological polar surface area (TPSA) is 115 Å². The molecule has 10 heteroatoms. The smallest absolute Gasteiger partial charge is 0.269 e. The van der Waals surface area contributed by atoms with Crippen LogP contribution in [0.3, 0.4) is 0 Å². The second-order valence-corrected chi connectivity index (χ2v) is 7.61. The summed E-state index contributed by atoms with van der Waals surface area (Å²) in [5.74, 6) is -1.66. The van der Waals surface area contributed by atoms with Crippen LogP contribution >= 0.6 is 15.9 Å². The lowest BCUT2D eigenvalue weighted by molar-refractivity contribution is -0.384. The molecule has 2 aromatic carbocycles. The number of aliphatic hydroxyl groups is 1. The molecule has 0 aliphatic carbocycles. The molecule has 1 aromatic heterocycles. The van der Waals surface area contributed by atoms with E-state index < -0.39 is 28.4 Å². The number of nitro groups is 1. The summed E-state index contributed by atoms with van der Waals surface area (Å²) in [5, 5.41) is 21.8. The second-order valence-electron chi connectivity index (χ2n) is 6.70. The number of Topliss-reactive ketones (excluding diaryl/α,β-unsaturated/α-hetero) is 1. The number of aliphatic imine (C=N–C) groups is 1. The van der Waals surface area contributed by atoms with Crippen molar-refractivity contribution < 1.29 is 24.0 Å². The lowest BCUT2D eigenvalue weighted by Crippen LogP contribution is -2.09. The maximum Gasteiger partial charge on any atom is 0.269 e. The Morgan fingerprint density at radius 1 is 1.12 bits per heavy atom. The largest absolute Gasteiger partial charge is 0.507 e. The van der Waals surface area contributed by atoms with Crippen molar-refractivity contribution in [3.8, 4) is 0 Å². The van der Waals surface area contributed by atoms with E-state index in [9.17, 15) is 24.4 Å². The summed E-state index contributed by atoms with van der Waals surface area (Å²) in [7, 11) is 0. The zero-order valence-electron chi connectivity index (χ0n) is 16.1. The van der Waals surface area contributed by atoms with E-state index in [1.165, 1.54) is 54.7 Å². The molecule has 1 N–H and O–H groups in total. The number of halogens is 2. The maximum atomic E-state index is 13.4. The van der Waals surface area contributed by atoms with E-state index in [1.807, 2.05) is 0 Å². The van der Waals surface area contributed by atoms with Crippen LogP contribution in [0.1, 0.15) is 17.2 Å². The molecule has 0 amide bonds. The van der Waals surface area contributed by atoms with Crippen molar-refractivity contribution in [2.24, 2.45) is 4.99 Å². The number of aliphatic hydroxyl groups excluding tert-OH is 1. The van der Waals surface area contributed by atoms with Crippen molar-refractivity contribution >= 4 is 44.9 Å². The lowest BCUT2D eigenvalue weighted by Gasteiger charge is -2.13. The second kappa shape index (κ2) is 8.67. The van der Waals surface area contributed by atoms with Crippen LogP contribution in [0.25, 0.3) is 5.76 Å². The predicted octanol–water partition coefficient (Wildman–Crippen LogP) is 5.23. The first-order chi connectivity index (χ1) is 15.3. The summed E-state index contributed by atoms with van der Waals surface area (Å²) in [6, 6.07) is 13.6. The van der Waals surface area contributed by atoms with Gasteiger partial charge >= 0.3 is 0 Å². The van der Waals surface area contributed by atoms with Gasteiger partial charge in [0.15, 0.2) is 11.9 Å². The first-order valence-corrected chi connectivity index (χ1v) is 9.98. The van der Waals surface area contributed by atoms with Crippen LogP contribution in [0.2, 0.25) is 0 Å². The van der Waals surface area contributed by atoms with Gasteiger partial charge in [-0.05, 0) is 57.9 Å². The Morgan fingerprint density at radius 2 is 1.81 bits per heavy atom. The number of aromatic nitrogens is 1. The molecule has 0 radical (unpaired) electrons. The molecule has 0 spiro atoms. The van der Waals surface area contributed by atoms with Gasteiger partial charge in [0.2, 0.25) is 0 Å². The van der Waals surface area contributed by atoms with E-state index in [1.54, 1.807) is 12.1 Å². The molecule has 1 fully saturated rings. The summed E-state index contributed by atoms with van der Waals surface area (Å²) in [5.41, 5.74) is 0.301. The Labute approximate surface area is 189 Å². The number of nitrogens with zero attached hydrogens (tertiary/aromatic N) is 3. The van der Waals surface area contributed by atoms with Crippen molar-refractivity contribution in [2.75, 3.05) is 0 Å². The molecule has 2 heterocycles. The first kappa shape index (κ1) is 21.3. The minimum atomic E-state index is -1.06. The molecule has 8 nitrogen and oxygen atoms in total. The summed E-state index contributed by atoms with van der Waals surface area (Å²) in [4.78, 5) is 31.7. The number of hydrogen-bond donors (Lipinski definition) is 1. The van der Waals surface area contributed by atoms with Crippen molar-refractivity contribution in [3.63, 3.8) is 0 Å². The number of pyridine rings is 1. The van der Waals surface area contributed by atoms with Crippen LogP contribution < -0.4 is 0 Å². The maximum absolute atomic E-state index is 13.4. The number of hydrogen-bond acceptors (Lipinski definition) is 7. The Hall–Kier alpha value is -3.92. The van der Waals surface area contributed by atoms with Crippen molar-refractivity contribution in [2.45, 2.75) is 6.10 Å². The van der Waals surface area contributed by atoms with Crippen LogP contribution in [0.4, 0.5) is 15.9 Å². The molecular formula is C22H13BrFN3O5. The molecule has 0 saturated carbocycles. The highest BCUT2D eigenvalue weighted by atomic mass is 79.9. The highest BCUT2D eigenvalue weighted by Crippen LogP contribution is 2.38. The SMILES string of the molecule is O=C1C(=Nc2ccc(Br)cn2)OC(c2ccc(F)cc2)C1=C(O)c1ccc([N+](=O)[O-])cc1. The zero-order chi connectivity index (χ0) is 22.8. The molecule has 0 bridgehead atoms. The van der Waals surface area contributed by atoms with Gasteiger partial charge in [-0.25, -0.2) is 9.37 Å². The van der Waals surface area contributed by atoms with Gasteiger partial charge < -0.3 is 9.84 Å². The minimum absolute atomic E-state index is 0.124. The molecule has 32 heavy (non-hydrogen) atoms. The van der Waals surface area contributed by atoms with Gasteiger partial charge in [-0.2, -0.15) is 4.99 Å². The van der Waals surface area contributed by atoms with E-state index in [-0.39, 0.29) is 28.5 Å². The minimum Gasteiger partial charge on any atom is -0.507 e. The van der Waals surface area contributed by atoms with Crippen LogP contribution in [0, 0.1) is 15.9 Å². The van der Waals surface area contributed by atoms with E-state index in [0.29, 0.717) is 5.56 Å². The van der Waals surface area contributed by atoms with Crippen LogP contribution in [0.15, 0.2) is 81.9 Å². The van der Waals surface area contributed by atoms with Crippen LogP contribution in [0.5, 0.6) is 0 Å². The molecule has 1 aliphatic heterocycles. The van der Waals surface area contributed by atoms with Gasteiger partial charge in [-0.15, -0.1) is 0 Å². The van der Waals surface area contributed by atoms with Gasteiger partial charge in [-0.1, -0.05) is 12.1 Å². The van der Waals surface area contributed by atoms with Crippen molar-refractivity contribution in [3.05, 3.63) is 104 Å². The van der Waals surface area contributed by atoms with Crippen molar-refractivity contribution in [1.29, 1.82) is 0 Å². The Balaban J connectivity index is 1.81. The quantitative estimate of drug-likeness (QED) is 0.228. The van der Waals surface area contributed by atoms with Crippen molar-refractivity contribution in [1.82, 2.24) is 4.98 Å². The van der Waals surface area contributed by atoms with Gasteiger partial charge in [0.05, 0.1) is 10.5 Å².